The second-order valence-electron chi connectivity index (χ2n) is 3.04. The van der Waals surface area contributed by atoms with Gasteiger partial charge in [0.1, 0.15) is 11.3 Å². The summed E-state index contributed by atoms with van der Waals surface area (Å²) in [6.07, 6.45) is 1.55. The number of hydrogen-bond acceptors (Lipinski definition) is 2. The Hall–Kier alpha value is -1.92. The van der Waals surface area contributed by atoms with Crippen LogP contribution in [0.5, 0.6) is 0 Å². The molecule has 2 nitrogen and oxygen atoms in total. The minimum Gasteiger partial charge on any atom is -0.320 e. The fraction of sp³-hybridized carbons (Fsp3) is 0.0833. The fourth-order valence-corrected chi connectivity index (χ4v) is 1.35. The van der Waals surface area contributed by atoms with Crippen molar-refractivity contribution >= 4 is 10.9 Å². The lowest BCUT2D eigenvalue weighted by molar-refractivity contribution is 0.637. The predicted molar refractivity (Wildman–Crippen MR) is 57.6 cm³/mol. The van der Waals surface area contributed by atoms with Crippen LogP contribution in [0.3, 0.4) is 0 Å². The van der Waals surface area contributed by atoms with Gasteiger partial charge in [-0.3, -0.25) is 4.98 Å². The Bertz CT molecular complexity index is 552. The third-order valence-electron chi connectivity index (χ3n) is 2.00. The molecule has 0 atom stereocenters. The van der Waals surface area contributed by atoms with Gasteiger partial charge in [-0.1, -0.05) is 24.0 Å². The maximum Gasteiger partial charge on any atom is 0.149 e. The van der Waals surface area contributed by atoms with E-state index in [-0.39, 0.29) is 5.82 Å². The Morgan fingerprint density at radius 3 is 3.07 bits per heavy atom. The first-order valence-electron chi connectivity index (χ1n) is 4.54. The average Bonchev–Trinajstić information content (AvgIpc) is 2.26. The number of halogens is 1. The monoisotopic (exact) mass is 200 g/mol. The molecule has 2 N–H and O–H groups in total. The number of nitrogens with zero attached hydrogens (tertiary/aromatic N) is 1. The molecule has 0 aliphatic rings. The third-order valence-corrected chi connectivity index (χ3v) is 2.00. The number of aromatic nitrogens is 1. The highest BCUT2D eigenvalue weighted by atomic mass is 19.1. The molecule has 3 heteroatoms. The molecular formula is C12H9FN2. The van der Waals surface area contributed by atoms with Crippen molar-refractivity contribution in [3.05, 3.63) is 41.8 Å². The van der Waals surface area contributed by atoms with Crippen LogP contribution >= 0.6 is 0 Å². The number of para-hydroxylation sites is 1. The maximum absolute atomic E-state index is 13.3. The van der Waals surface area contributed by atoms with Gasteiger partial charge < -0.3 is 5.73 Å². The number of hydrogen-bond donors (Lipinski definition) is 1. The van der Waals surface area contributed by atoms with Crippen molar-refractivity contribution in [3.8, 4) is 11.8 Å². The average molecular weight is 200 g/mol. The summed E-state index contributed by atoms with van der Waals surface area (Å²) in [5.41, 5.74) is 6.38. The van der Waals surface area contributed by atoms with Crippen LogP contribution < -0.4 is 5.73 Å². The van der Waals surface area contributed by atoms with Crippen molar-refractivity contribution in [2.45, 2.75) is 0 Å². The van der Waals surface area contributed by atoms with E-state index in [1.807, 2.05) is 0 Å². The summed E-state index contributed by atoms with van der Waals surface area (Å²) < 4.78 is 13.3. The molecule has 0 unspecified atom stereocenters. The van der Waals surface area contributed by atoms with Crippen LogP contribution in [0.15, 0.2) is 30.5 Å². The van der Waals surface area contributed by atoms with Crippen molar-refractivity contribution in [2.75, 3.05) is 6.54 Å². The molecule has 1 heterocycles. The van der Waals surface area contributed by atoms with Crippen LogP contribution in [0, 0.1) is 17.7 Å². The van der Waals surface area contributed by atoms with Crippen molar-refractivity contribution in [3.63, 3.8) is 0 Å². The minimum atomic E-state index is -0.314. The Balaban J connectivity index is 2.57. The van der Waals surface area contributed by atoms with E-state index in [1.54, 1.807) is 24.4 Å². The van der Waals surface area contributed by atoms with Crippen LogP contribution in [-0.4, -0.2) is 11.5 Å². The summed E-state index contributed by atoms with van der Waals surface area (Å²) >= 11 is 0. The minimum absolute atomic E-state index is 0.307. The summed E-state index contributed by atoms with van der Waals surface area (Å²) in [7, 11) is 0. The summed E-state index contributed by atoms with van der Waals surface area (Å²) in [6.45, 7) is 0.307. The molecule has 0 spiro atoms. The standard InChI is InChI=1S/C12H9FN2/c13-11-5-1-4-10-7-9(3-2-6-14)8-15-12(10)11/h1,4-5,7-8H,6,14H2. The highest BCUT2D eigenvalue weighted by Crippen LogP contribution is 2.15. The van der Waals surface area contributed by atoms with Gasteiger partial charge in [0.05, 0.1) is 6.54 Å². The van der Waals surface area contributed by atoms with E-state index >= 15 is 0 Å². The number of benzene rings is 1. The van der Waals surface area contributed by atoms with Crippen LogP contribution in [-0.2, 0) is 0 Å². The first-order chi connectivity index (χ1) is 7.31. The molecule has 1 aromatic heterocycles. The smallest absolute Gasteiger partial charge is 0.149 e. The normalized spacial score (nSPS) is 9.73. The molecule has 1 aromatic carbocycles. The molecule has 0 radical (unpaired) electrons. The second kappa shape index (κ2) is 4.07. The molecule has 0 aliphatic carbocycles. The quantitative estimate of drug-likeness (QED) is 0.657. The fourth-order valence-electron chi connectivity index (χ4n) is 1.35. The molecule has 0 saturated carbocycles. The Morgan fingerprint density at radius 2 is 2.27 bits per heavy atom. The van der Waals surface area contributed by atoms with Crippen LogP contribution in [0.25, 0.3) is 10.9 Å². The second-order valence-corrected chi connectivity index (χ2v) is 3.04. The highest BCUT2D eigenvalue weighted by molar-refractivity contribution is 5.80. The zero-order valence-electron chi connectivity index (χ0n) is 8.00. The molecule has 0 amide bonds. The van der Waals surface area contributed by atoms with Gasteiger partial charge in [0.25, 0.3) is 0 Å². The first-order valence-corrected chi connectivity index (χ1v) is 4.54. The molecule has 0 aliphatic heterocycles. The highest BCUT2D eigenvalue weighted by Gasteiger charge is 2.00. The molecule has 2 rings (SSSR count). The van der Waals surface area contributed by atoms with Gasteiger partial charge in [-0.2, -0.15) is 0 Å². The zero-order chi connectivity index (χ0) is 10.7. The van der Waals surface area contributed by atoms with E-state index < -0.39 is 0 Å². The van der Waals surface area contributed by atoms with Gasteiger partial charge in [0.15, 0.2) is 0 Å². The summed E-state index contributed by atoms with van der Waals surface area (Å²) in [6, 6.07) is 6.65. The summed E-state index contributed by atoms with van der Waals surface area (Å²) in [5.74, 6) is 5.27. The van der Waals surface area contributed by atoms with Gasteiger partial charge in [-0.15, -0.1) is 0 Å². The molecule has 74 valence electrons. The van der Waals surface area contributed by atoms with E-state index in [0.29, 0.717) is 12.1 Å². The van der Waals surface area contributed by atoms with Gasteiger partial charge in [-0.25, -0.2) is 4.39 Å². The van der Waals surface area contributed by atoms with Gasteiger partial charge >= 0.3 is 0 Å². The maximum atomic E-state index is 13.3. The lowest BCUT2D eigenvalue weighted by atomic mass is 10.1. The first kappa shape index (κ1) is 9.63. The van der Waals surface area contributed by atoms with Gasteiger partial charge in [0, 0.05) is 17.1 Å². The molecule has 0 fully saturated rings. The van der Waals surface area contributed by atoms with Gasteiger partial charge in [-0.05, 0) is 12.1 Å². The third kappa shape index (κ3) is 1.95. The molecule has 2 aromatic rings. The van der Waals surface area contributed by atoms with Crippen LogP contribution in [0.1, 0.15) is 5.56 Å². The number of fused-ring (bicyclic) bond motifs is 1. The predicted octanol–water partition coefficient (Wildman–Crippen LogP) is 1.68. The molecule has 0 saturated heterocycles. The van der Waals surface area contributed by atoms with Crippen molar-refractivity contribution < 1.29 is 4.39 Å². The lowest BCUT2D eigenvalue weighted by Gasteiger charge is -1.98. The Kier molecular flexibility index (Phi) is 2.61. The molecule has 0 bridgehead atoms. The Morgan fingerprint density at radius 1 is 1.40 bits per heavy atom. The van der Waals surface area contributed by atoms with Crippen LogP contribution in [0.2, 0.25) is 0 Å². The van der Waals surface area contributed by atoms with Crippen molar-refractivity contribution in [1.82, 2.24) is 4.98 Å². The Labute approximate surface area is 86.9 Å². The van der Waals surface area contributed by atoms with E-state index in [2.05, 4.69) is 16.8 Å². The molecular weight excluding hydrogens is 191 g/mol. The number of nitrogens with two attached hydrogens (primary N) is 1. The zero-order valence-corrected chi connectivity index (χ0v) is 8.00. The lowest BCUT2D eigenvalue weighted by Crippen LogP contribution is -1.93. The van der Waals surface area contributed by atoms with Crippen molar-refractivity contribution in [2.24, 2.45) is 5.73 Å². The summed E-state index contributed by atoms with van der Waals surface area (Å²) in [4.78, 5) is 4.02. The topological polar surface area (TPSA) is 38.9 Å². The largest absolute Gasteiger partial charge is 0.320 e. The molecule has 15 heavy (non-hydrogen) atoms. The van der Waals surface area contributed by atoms with E-state index in [0.717, 1.165) is 10.9 Å². The van der Waals surface area contributed by atoms with E-state index in [1.165, 1.54) is 6.07 Å². The van der Waals surface area contributed by atoms with Crippen molar-refractivity contribution in [1.29, 1.82) is 0 Å². The summed E-state index contributed by atoms with van der Waals surface area (Å²) in [5, 5.41) is 0.749. The number of pyridine rings is 1. The van der Waals surface area contributed by atoms with Gasteiger partial charge in [0.2, 0.25) is 0 Å². The SMILES string of the molecule is NCC#Cc1cnc2c(F)cccc2c1. The van der Waals surface area contributed by atoms with E-state index in [9.17, 15) is 4.39 Å². The van der Waals surface area contributed by atoms with E-state index in [4.69, 9.17) is 5.73 Å². The number of rotatable bonds is 0. The van der Waals surface area contributed by atoms with Crippen LogP contribution in [0.4, 0.5) is 4.39 Å².